The number of hydrogen-bond acceptors (Lipinski definition) is 5. The Morgan fingerprint density at radius 3 is 1.39 bits per heavy atom. The summed E-state index contributed by atoms with van der Waals surface area (Å²) in [6.07, 6.45) is -23.7. The van der Waals surface area contributed by atoms with Gasteiger partial charge in [-0.2, -0.15) is 61.1 Å². The van der Waals surface area contributed by atoms with Gasteiger partial charge in [0.05, 0.1) is 12.8 Å². The van der Waals surface area contributed by atoms with E-state index in [1.807, 2.05) is 0 Å². The molecule has 226 valence electrons. The van der Waals surface area contributed by atoms with E-state index in [0.29, 0.717) is 0 Å². The fourth-order valence-electron chi connectivity index (χ4n) is 2.23. The van der Waals surface area contributed by atoms with E-state index in [9.17, 15) is 88.3 Å². The Hall–Kier alpha value is -2.27. The van der Waals surface area contributed by atoms with Crippen LogP contribution in [0.4, 0.5) is 70.2 Å². The molecule has 0 saturated carbocycles. The Morgan fingerprint density at radius 2 is 1.08 bits per heavy atom. The molecule has 0 spiro atoms. The first-order valence-corrected chi connectivity index (χ1v) is 10.1. The molecule has 0 aromatic heterocycles. The number of alkyl halides is 16. The Morgan fingerprint density at radius 1 is 0.711 bits per heavy atom. The van der Waals surface area contributed by atoms with Crippen LogP contribution >= 0.6 is 0 Å². The number of ether oxygens (including phenoxy) is 1. The van der Waals surface area contributed by atoms with Crippen molar-refractivity contribution >= 4 is 22.1 Å². The van der Waals surface area contributed by atoms with Crippen LogP contribution in [0.25, 0.3) is 0 Å². The summed E-state index contributed by atoms with van der Waals surface area (Å²) in [5.41, 5.74) is 0. The van der Waals surface area contributed by atoms with Crippen LogP contribution in [0.15, 0.2) is 0 Å². The van der Waals surface area contributed by atoms with Gasteiger partial charge in [0.2, 0.25) is 0 Å². The third-order valence-electron chi connectivity index (χ3n) is 4.35. The van der Waals surface area contributed by atoms with Gasteiger partial charge in [-0.1, -0.05) is 0 Å². The third-order valence-corrected chi connectivity index (χ3v) is 5.43. The summed E-state index contributed by atoms with van der Waals surface area (Å²) in [6.45, 7) is 0. The number of carboxylic acids is 1. The summed E-state index contributed by atoms with van der Waals surface area (Å²) in [4.78, 5) is 22.2. The second-order valence-corrected chi connectivity index (χ2v) is 8.65. The summed E-state index contributed by atoms with van der Waals surface area (Å²) >= 11 is 0. The number of aliphatic carboxylic acids is 1. The van der Waals surface area contributed by atoms with Crippen LogP contribution in [0.5, 0.6) is 0 Å². The Balaban J connectivity index is 7.04. The third kappa shape index (κ3) is 6.47. The van der Waals surface area contributed by atoms with Crippen molar-refractivity contribution < 1.29 is 103 Å². The van der Waals surface area contributed by atoms with Crippen molar-refractivity contribution in [2.75, 3.05) is 0 Å². The van der Waals surface area contributed by atoms with Gasteiger partial charge in [-0.05, 0) is 0 Å². The lowest BCUT2D eigenvalue weighted by atomic mass is 9.91. The van der Waals surface area contributed by atoms with Crippen LogP contribution < -0.4 is 0 Å². The topological polar surface area (TPSA) is 118 Å². The summed E-state index contributed by atoms with van der Waals surface area (Å²) in [6, 6.07) is 0. The van der Waals surface area contributed by atoms with Crippen molar-refractivity contribution in [2.24, 2.45) is 0 Å². The molecule has 0 radical (unpaired) electrons. The van der Waals surface area contributed by atoms with E-state index in [-0.39, 0.29) is 0 Å². The van der Waals surface area contributed by atoms with Crippen molar-refractivity contribution in [3.05, 3.63) is 0 Å². The summed E-state index contributed by atoms with van der Waals surface area (Å²) < 4.78 is 245. The lowest BCUT2D eigenvalue weighted by Crippen LogP contribution is -2.65. The van der Waals surface area contributed by atoms with Crippen LogP contribution in [0.2, 0.25) is 0 Å². The van der Waals surface area contributed by atoms with Crippen LogP contribution in [-0.4, -0.2) is 89.8 Å². The first-order chi connectivity index (χ1) is 16.4. The minimum atomic E-state index is -7.74. The molecule has 2 atom stereocenters. The number of rotatable bonds is 14. The Labute approximate surface area is 198 Å². The van der Waals surface area contributed by atoms with E-state index in [4.69, 9.17) is 9.66 Å². The highest BCUT2D eigenvalue weighted by atomic mass is 32.2. The van der Waals surface area contributed by atoms with Gasteiger partial charge in [0.15, 0.2) is 11.4 Å². The summed E-state index contributed by atoms with van der Waals surface area (Å²) in [5.74, 6) is -50.4. The predicted molar refractivity (Wildman–Crippen MR) is 83.8 cm³/mol. The molecule has 2 unspecified atom stereocenters. The van der Waals surface area contributed by atoms with Gasteiger partial charge in [0.25, 0.3) is 10.1 Å². The van der Waals surface area contributed by atoms with E-state index >= 15 is 0 Å². The molecular formula is C14H10F16O7S. The zero-order valence-corrected chi connectivity index (χ0v) is 17.9. The van der Waals surface area contributed by atoms with E-state index < -0.39 is 94.6 Å². The van der Waals surface area contributed by atoms with Crippen molar-refractivity contribution in [1.29, 1.82) is 0 Å². The van der Waals surface area contributed by atoms with Gasteiger partial charge < -0.3 is 9.84 Å². The minimum absolute atomic E-state index is 2.32. The quantitative estimate of drug-likeness (QED) is 0.167. The summed E-state index contributed by atoms with van der Waals surface area (Å²) in [7, 11) is -6.24. The lowest BCUT2D eigenvalue weighted by Gasteiger charge is -2.39. The van der Waals surface area contributed by atoms with Gasteiger partial charge >= 0.3 is 60.3 Å². The maximum atomic E-state index is 14.2. The van der Waals surface area contributed by atoms with Gasteiger partial charge in [-0.3, -0.25) is 14.1 Å². The second kappa shape index (κ2) is 10.7. The molecule has 38 heavy (non-hydrogen) atoms. The normalized spacial score (nSPS) is 16.5. The molecule has 0 aliphatic carbocycles. The first-order valence-electron chi connectivity index (χ1n) is 8.64. The fraction of sp³-hybridized carbons (Fsp3) is 0.857. The van der Waals surface area contributed by atoms with Crippen LogP contribution in [0, 0.1) is 0 Å². The second-order valence-electron chi connectivity index (χ2n) is 7.05. The van der Waals surface area contributed by atoms with Gasteiger partial charge in [-0.25, -0.2) is 17.6 Å². The number of carbonyl (C=O) groups is 2. The van der Waals surface area contributed by atoms with Crippen molar-refractivity contribution in [2.45, 2.75) is 72.6 Å². The van der Waals surface area contributed by atoms with Gasteiger partial charge in [0, 0.05) is 0 Å². The van der Waals surface area contributed by atoms with Crippen LogP contribution in [-0.2, 0) is 24.4 Å². The van der Waals surface area contributed by atoms with Crippen molar-refractivity contribution in [3.63, 3.8) is 0 Å². The zero-order valence-electron chi connectivity index (χ0n) is 17.1. The van der Waals surface area contributed by atoms with Crippen molar-refractivity contribution in [1.82, 2.24) is 0 Å². The van der Waals surface area contributed by atoms with Crippen molar-refractivity contribution in [3.8, 4) is 0 Å². The molecule has 2 N–H and O–H groups in total. The first kappa shape index (κ1) is 35.7. The monoisotopic (exact) mass is 626 g/mol. The minimum Gasteiger partial charge on any atom is -0.481 e. The molecule has 7 nitrogen and oxygen atoms in total. The average molecular weight is 626 g/mol. The molecule has 0 saturated heterocycles. The maximum absolute atomic E-state index is 14.2. The van der Waals surface area contributed by atoms with E-state index in [2.05, 4.69) is 4.74 Å². The highest BCUT2D eigenvalue weighted by Crippen LogP contribution is 2.55. The van der Waals surface area contributed by atoms with E-state index in [1.54, 1.807) is 0 Å². The molecule has 0 aliphatic rings. The molecule has 0 aliphatic heterocycles. The van der Waals surface area contributed by atoms with Crippen LogP contribution in [0.1, 0.15) is 12.8 Å². The highest BCUT2D eigenvalue weighted by molar-refractivity contribution is 7.87. The standard InChI is InChI=1S/C14H10F16O7S/c15-7(16)11(23,24)13(27,28)9(19,20)2-4(10(21,22)14(29,30)12(25,26)8(17)18)37-6(33)3(1-5(31)32)38(34,35)36/h3-4,7-8H,1-2H2,(H,31,32)(H,34,35,36). The summed E-state index contributed by atoms with van der Waals surface area (Å²) in [5, 5.41) is 4.61. The number of carbonyl (C=O) groups excluding carboxylic acids is 1. The molecule has 0 aromatic carbocycles. The number of carboxylic acid groups (broad SMARTS) is 1. The van der Waals surface area contributed by atoms with Crippen LogP contribution in [0.3, 0.4) is 0 Å². The van der Waals surface area contributed by atoms with Gasteiger partial charge in [-0.15, -0.1) is 0 Å². The average Bonchev–Trinajstić information content (AvgIpc) is 2.69. The zero-order chi connectivity index (χ0) is 31.1. The molecule has 0 rings (SSSR count). The number of halogens is 16. The lowest BCUT2D eigenvalue weighted by molar-refractivity contribution is -0.372. The smallest absolute Gasteiger partial charge is 0.381 e. The SMILES string of the molecule is O=C(O)CC(C(=O)OC(CC(F)(F)C(F)(F)C(F)(F)C(F)F)C(F)(F)C(F)(F)C(F)(F)C(F)F)S(=O)(=O)O. The Kier molecular flexibility index (Phi) is 10.1. The van der Waals surface area contributed by atoms with Gasteiger partial charge in [0.1, 0.15) is 0 Å². The number of hydrogen-bond donors (Lipinski definition) is 2. The number of esters is 1. The molecule has 0 fully saturated rings. The highest BCUT2D eigenvalue weighted by Gasteiger charge is 2.81. The molecule has 0 heterocycles. The van der Waals surface area contributed by atoms with E-state index in [0.717, 1.165) is 0 Å². The molecule has 0 aromatic rings. The molecular weight excluding hydrogens is 616 g/mol. The molecule has 24 heteroatoms. The molecule has 0 bridgehead atoms. The fourth-order valence-corrected chi connectivity index (χ4v) is 2.88. The Bertz CT molecular complexity index is 981. The van der Waals surface area contributed by atoms with E-state index in [1.165, 1.54) is 0 Å². The predicted octanol–water partition coefficient (Wildman–Crippen LogP) is 4.36. The molecule has 0 amide bonds. The largest absolute Gasteiger partial charge is 0.481 e. The maximum Gasteiger partial charge on any atom is 0.381 e.